The fraction of sp³-hybridized carbons (Fsp3) is 0.231. The number of hydrogen-bond donors (Lipinski definition) is 2. The van der Waals surface area contributed by atoms with Crippen molar-refractivity contribution in [1.82, 2.24) is 5.32 Å². The highest BCUT2D eigenvalue weighted by atomic mass is 16.5. The Morgan fingerprint density at radius 1 is 0.879 bits per heavy atom. The van der Waals surface area contributed by atoms with E-state index in [1.54, 1.807) is 44.6 Å². The van der Waals surface area contributed by atoms with Gasteiger partial charge in [-0.2, -0.15) is 0 Å². The number of carbonyl (C=O) groups excluding carboxylic acids is 2. The second kappa shape index (κ2) is 9.24. The first-order valence-corrected chi connectivity index (χ1v) is 10.7. The van der Waals surface area contributed by atoms with Crippen molar-refractivity contribution in [1.29, 1.82) is 0 Å². The molecule has 0 fully saturated rings. The van der Waals surface area contributed by atoms with Crippen LogP contribution in [0.1, 0.15) is 24.2 Å². The summed E-state index contributed by atoms with van der Waals surface area (Å²) in [4.78, 5) is 25.9. The van der Waals surface area contributed by atoms with Gasteiger partial charge in [0, 0.05) is 22.4 Å². The predicted octanol–water partition coefficient (Wildman–Crippen LogP) is 5.00. The summed E-state index contributed by atoms with van der Waals surface area (Å²) in [6, 6.07) is 17.3. The number of anilines is 1. The van der Waals surface area contributed by atoms with Gasteiger partial charge in [0.25, 0.3) is 5.91 Å². The van der Waals surface area contributed by atoms with Gasteiger partial charge in [0.15, 0.2) is 0 Å². The molecule has 4 aromatic rings. The van der Waals surface area contributed by atoms with Gasteiger partial charge in [-0.15, -0.1) is 0 Å². The van der Waals surface area contributed by atoms with E-state index in [-0.39, 0.29) is 17.7 Å². The number of rotatable bonds is 7. The van der Waals surface area contributed by atoms with Gasteiger partial charge in [-0.25, -0.2) is 0 Å². The normalized spacial score (nSPS) is 12.0. The van der Waals surface area contributed by atoms with Gasteiger partial charge < -0.3 is 24.5 Å². The molecular formula is C26H26N2O5. The van der Waals surface area contributed by atoms with Crippen LogP contribution in [0.15, 0.2) is 65.1 Å². The molecule has 170 valence electrons. The summed E-state index contributed by atoms with van der Waals surface area (Å²) < 4.78 is 16.6. The molecule has 2 N–H and O–H groups in total. The minimum absolute atomic E-state index is 0.145. The van der Waals surface area contributed by atoms with E-state index in [1.807, 2.05) is 44.2 Å². The number of furan rings is 1. The fourth-order valence-electron chi connectivity index (χ4n) is 3.73. The smallest absolute Gasteiger partial charge is 0.251 e. The maximum Gasteiger partial charge on any atom is 0.251 e. The standard InChI is InChI=1S/C26H26N2O5/c1-15(2)24(28-25(29)16-9-11-17(31-3)12-10-16)26(30)27-20-14-22-19(13-23(20)32-4)18-7-5-6-8-21(18)33-22/h5-15,24H,1-4H3,(H,27,30)(H,28,29)/t24-/m1/s1. The molecule has 33 heavy (non-hydrogen) atoms. The van der Waals surface area contributed by atoms with Crippen molar-refractivity contribution in [2.75, 3.05) is 19.5 Å². The van der Waals surface area contributed by atoms with Crippen molar-refractivity contribution in [3.63, 3.8) is 0 Å². The average molecular weight is 447 g/mol. The lowest BCUT2D eigenvalue weighted by Crippen LogP contribution is -2.47. The molecule has 0 aliphatic rings. The highest BCUT2D eigenvalue weighted by molar-refractivity contribution is 6.08. The number of ether oxygens (including phenoxy) is 2. The van der Waals surface area contributed by atoms with Crippen LogP contribution in [0.4, 0.5) is 5.69 Å². The summed E-state index contributed by atoms with van der Waals surface area (Å²) in [6.07, 6.45) is 0. The molecule has 0 spiro atoms. The number of benzene rings is 3. The molecule has 0 aliphatic heterocycles. The topological polar surface area (TPSA) is 89.8 Å². The third-order valence-corrected chi connectivity index (χ3v) is 5.54. The highest BCUT2D eigenvalue weighted by Crippen LogP contribution is 2.36. The monoisotopic (exact) mass is 446 g/mol. The lowest BCUT2D eigenvalue weighted by Gasteiger charge is -2.22. The molecule has 0 saturated heterocycles. The van der Waals surface area contributed by atoms with Gasteiger partial charge in [-0.3, -0.25) is 9.59 Å². The molecule has 7 heteroatoms. The van der Waals surface area contributed by atoms with Crippen LogP contribution in [0.25, 0.3) is 21.9 Å². The van der Waals surface area contributed by atoms with Gasteiger partial charge in [0.2, 0.25) is 5.91 Å². The molecule has 0 unspecified atom stereocenters. The number of carbonyl (C=O) groups is 2. The van der Waals surface area contributed by atoms with E-state index in [0.717, 1.165) is 16.4 Å². The summed E-state index contributed by atoms with van der Waals surface area (Å²) in [7, 11) is 3.11. The van der Waals surface area contributed by atoms with E-state index in [9.17, 15) is 9.59 Å². The zero-order chi connectivity index (χ0) is 23.5. The van der Waals surface area contributed by atoms with E-state index in [2.05, 4.69) is 10.6 Å². The van der Waals surface area contributed by atoms with E-state index in [4.69, 9.17) is 13.9 Å². The number of fused-ring (bicyclic) bond motifs is 3. The predicted molar refractivity (Wildman–Crippen MR) is 128 cm³/mol. The molecule has 1 aromatic heterocycles. The van der Waals surface area contributed by atoms with Gasteiger partial charge in [-0.1, -0.05) is 32.0 Å². The second-order valence-electron chi connectivity index (χ2n) is 8.06. The largest absolute Gasteiger partial charge is 0.497 e. The van der Waals surface area contributed by atoms with Crippen molar-refractivity contribution in [3.8, 4) is 11.5 Å². The van der Waals surface area contributed by atoms with Crippen LogP contribution < -0.4 is 20.1 Å². The lowest BCUT2D eigenvalue weighted by atomic mass is 10.0. The molecule has 3 aromatic carbocycles. The maximum absolute atomic E-state index is 13.2. The van der Waals surface area contributed by atoms with E-state index >= 15 is 0 Å². The Bertz CT molecular complexity index is 1310. The van der Waals surface area contributed by atoms with Crippen LogP contribution >= 0.6 is 0 Å². The minimum Gasteiger partial charge on any atom is -0.497 e. The van der Waals surface area contributed by atoms with Crippen LogP contribution in [0, 0.1) is 5.92 Å². The zero-order valence-corrected chi connectivity index (χ0v) is 19.0. The molecule has 0 bridgehead atoms. The first-order chi connectivity index (χ1) is 15.9. The lowest BCUT2D eigenvalue weighted by molar-refractivity contribution is -0.118. The maximum atomic E-state index is 13.2. The molecule has 0 radical (unpaired) electrons. The molecule has 1 atom stereocenters. The fourth-order valence-corrected chi connectivity index (χ4v) is 3.73. The van der Waals surface area contributed by atoms with Gasteiger partial charge in [0.1, 0.15) is 28.7 Å². The van der Waals surface area contributed by atoms with Crippen LogP contribution in [-0.4, -0.2) is 32.1 Å². The Morgan fingerprint density at radius 3 is 2.27 bits per heavy atom. The second-order valence-corrected chi connectivity index (χ2v) is 8.06. The number of nitrogens with one attached hydrogen (secondary N) is 2. The van der Waals surface area contributed by atoms with Crippen LogP contribution in [-0.2, 0) is 4.79 Å². The van der Waals surface area contributed by atoms with E-state index < -0.39 is 6.04 Å². The molecule has 4 rings (SSSR count). The highest BCUT2D eigenvalue weighted by Gasteiger charge is 2.26. The van der Waals surface area contributed by atoms with E-state index in [1.165, 1.54) is 0 Å². The third kappa shape index (κ3) is 4.48. The molecule has 1 heterocycles. The molecule has 0 aliphatic carbocycles. The van der Waals surface area contributed by atoms with E-state index in [0.29, 0.717) is 28.3 Å². The summed E-state index contributed by atoms with van der Waals surface area (Å²) in [5, 5.41) is 7.59. The Morgan fingerprint density at radius 2 is 1.61 bits per heavy atom. The summed E-state index contributed by atoms with van der Waals surface area (Å²) in [5.41, 5.74) is 2.30. The van der Waals surface area contributed by atoms with Crippen LogP contribution in [0.2, 0.25) is 0 Å². The summed E-state index contributed by atoms with van der Waals surface area (Å²) in [6.45, 7) is 3.75. The third-order valence-electron chi connectivity index (χ3n) is 5.54. The van der Waals surface area contributed by atoms with Crippen molar-refractivity contribution in [2.45, 2.75) is 19.9 Å². The SMILES string of the molecule is COc1ccc(C(=O)N[C@@H](C(=O)Nc2cc3oc4ccccc4c3cc2OC)C(C)C)cc1. The quantitative estimate of drug-likeness (QED) is 0.417. The number of para-hydroxylation sites is 1. The first kappa shape index (κ1) is 22.2. The molecule has 2 amide bonds. The van der Waals surface area contributed by atoms with Crippen molar-refractivity contribution < 1.29 is 23.5 Å². The van der Waals surface area contributed by atoms with Crippen LogP contribution in [0.5, 0.6) is 11.5 Å². The number of amides is 2. The minimum atomic E-state index is -0.754. The first-order valence-electron chi connectivity index (χ1n) is 10.7. The number of methoxy groups -OCH3 is 2. The number of hydrogen-bond acceptors (Lipinski definition) is 5. The van der Waals surface area contributed by atoms with Crippen LogP contribution in [0.3, 0.4) is 0 Å². The summed E-state index contributed by atoms with van der Waals surface area (Å²) in [5.74, 6) is 0.323. The van der Waals surface area contributed by atoms with Gasteiger partial charge >= 0.3 is 0 Å². The molecule has 0 saturated carbocycles. The van der Waals surface area contributed by atoms with Crippen molar-refractivity contribution in [2.24, 2.45) is 5.92 Å². The Labute approximate surface area is 191 Å². The van der Waals surface area contributed by atoms with Gasteiger partial charge in [0.05, 0.1) is 19.9 Å². The zero-order valence-electron chi connectivity index (χ0n) is 19.0. The van der Waals surface area contributed by atoms with Gasteiger partial charge in [-0.05, 0) is 42.3 Å². The van der Waals surface area contributed by atoms with Crippen molar-refractivity contribution in [3.05, 3.63) is 66.2 Å². The summed E-state index contributed by atoms with van der Waals surface area (Å²) >= 11 is 0. The molecular weight excluding hydrogens is 420 g/mol. The Kier molecular flexibility index (Phi) is 6.22. The Balaban J connectivity index is 1.58. The Hall–Kier alpha value is -4.00. The molecule has 7 nitrogen and oxygen atoms in total. The average Bonchev–Trinajstić information content (AvgIpc) is 3.18. The van der Waals surface area contributed by atoms with Crippen molar-refractivity contribution >= 4 is 39.4 Å².